The molecule has 0 atom stereocenters. The normalized spacial score (nSPS) is 10.6. The summed E-state index contributed by atoms with van der Waals surface area (Å²) in [5.41, 5.74) is 1.65. The molecular weight excluding hydrogens is 347 g/mol. The van der Waals surface area contributed by atoms with E-state index in [9.17, 15) is 14.0 Å². The largest absolute Gasteiger partial charge is 0.497 e. The molecule has 0 aliphatic rings. The zero-order chi connectivity index (χ0) is 19.6. The molecule has 0 radical (unpaired) electrons. The topological polar surface area (TPSA) is 58.6 Å². The number of ether oxygens (including phenoxy) is 1. The molecule has 2 aromatic rings. The zero-order valence-corrected chi connectivity index (χ0v) is 15.4. The minimum Gasteiger partial charge on any atom is -0.497 e. The molecule has 1 N–H and O–H groups in total. The monoisotopic (exact) mass is 370 g/mol. The van der Waals surface area contributed by atoms with Crippen molar-refractivity contribution in [2.24, 2.45) is 0 Å². The van der Waals surface area contributed by atoms with Crippen molar-refractivity contribution in [1.29, 1.82) is 0 Å². The number of benzene rings is 2. The molecule has 142 valence electrons. The fourth-order valence-electron chi connectivity index (χ4n) is 2.37. The lowest BCUT2D eigenvalue weighted by atomic mass is 10.2. The lowest BCUT2D eigenvalue weighted by molar-refractivity contribution is -0.132. The van der Waals surface area contributed by atoms with Gasteiger partial charge in [0.1, 0.15) is 11.6 Å². The van der Waals surface area contributed by atoms with Crippen molar-refractivity contribution in [3.63, 3.8) is 0 Å². The molecule has 27 heavy (non-hydrogen) atoms. The second kappa shape index (κ2) is 10.1. The first-order chi connectivity index (χ1) is 13.0. The number of likely N-dealkylation sites (N-methyl/N-ethyl adjacent to an activating group) is 1. The van der Waals surface area contributed by atoms with Crippen LogP contribution in [0.1, 0.15) is 18.1 Å². The number of carbonyl (C=O) groups is 2. The number of amides is 2. The molecule has 0 aromatic heterocycles. The molecule has 2 amide bonds. The number of methoxy groups -OCH3 is 1. The third-order valence-corrected chi connectivity index (χ3v) is 3.96. The fraction of sp³-hybridized carbons (Fsp3) is 0.238. The third kappa shape index (κ3) is 6.58. The Kier molecular flexibility index (Phi) is 7.55. The van der Waals surface area contributed by atoms with Gasteiger partial charge < -0.3 is 15.0 Å². The summed E-state index contributed by atoms with van der Waals surface area (Å²) < 4.78 is 18.0. The summed E-state index contributed by atoms with van der Waals surface area (Å²) in [4.78, 5) is 25.8. The van der Waals surface area contributed by atoms with Crippen LogP contribution in [-0.2, 0) is 16.1 Å². The Morgan fingerprint density at radius 1 is 1.11 bits per heavy atom. The lowest BCUT2D eigenvalue weighted by Gasteiger charge is -2.18. The first kappa shape index (κ1) is 20.2. The van der Waals surface area contributed by atoms with E-state index in [0.717, 1.165) is 16.9 Å². The van der Waals surface area contributed by atoms with Gasteiger partial charge in [0.15, 0.2) is 0 Å². The molecular formula is C21H23FN2O3. The summed E-state index contributed by atoms with van der Waals surface area (Å²) in [5.74, 6) is -0.0967. The summed E-state index contributed by atoms with van der Waals surface area (Å²) in [6.45, 7) is 2.47. The highest BCUT2D eigenvalue weighted by atomic mass is 19.1. The molecule has 0 aliphatic carbocycles. The van der Waals surface area contributed by atoms with Gasteiger partial charge in [-0.1, -0.05) is 24.3 Å². The molecule has 0 unspecified atom stereocenters. The molecule has 5 nitrogen and oxygen atoms in total. The number of nitrogens with one attached hydrogen (secondary N) is 1. The number of rotatable bonds is 8. The van der Waals surface area contributed by atoms with Crippen LogP contribution in [0.5, 0.6) is 5.75 Å². The molecule has 0 fully saturated rings. The van der Waals surface area contributed by atoms with Crippen molar-refractivity contribution < 1.29 is 18.7 Å². The predicted octanol–water partition coefficient (Wildman–Crippen LogP) is 3.01. The van der Waals surface area contributed by atoms with Gasteiger partial charge in [-0.25, -0.2) is 4.39 Å². The molecule has 0 saturated carbocycles. The van der Waals surface area contributed by atoms with Crippen LogP contribution >= 0.6 is 0 Å². The fourth-order valence-corrected chi connectivity index (χ4v) is 2.37. The zero-order valence-electron chi connectivity index (χ0n) is 15.4. The Balaban J connectivity index is 1.86. The summed E-state index contributed by atoms with van der Waals surface area (Å²) in [6, 6.07) is 13.2. The van der Waals surface area contributed by atoms with E-state index in [1.807, 2.05) is 31.2 Å². The van der Waals surface area contributed by atoms with E-state index >= 15 is 0 Å². The van der Waals surface area contributed by atoms with E-state index in [2.05, 4.69) is 5.32 Å². The van der Waals surface area contributed by atoms with Crippen molar-refractivity contribution >= 4 is 17.9 Å². The van der Waals surface area contributed by atoms with Gasteiger partial charge in [-0.05, 0) is 48.4 Å². The van der Waals surface area contributed by atoms with E-state index in [4.69, 9.17) is 4.74 Å². The van der Waals surface area contributed by atoms with Gasteiger partial charge >= 0.3 is 0 Å². The van der Waals surface area contributed by atoms with Crippen LogP contribution < -0.4 is 10.1 Å². The Morgan fingerprint density at radius 2 is 1.78 bits per heavy atom. The molecule has 0 bridgehead atoms. The molecule has 0 aliphatic heterocycles. The molecule has 6 heteroatoms. The van der Waals surface area contributed by atoms with E-state index in [-0.39, 0.29) is 30.7 Å². The quantitative estimate of drug-likeness (QED) is 0.727. The highest BCUT2D eigenvalue weighted by molar-refractivity contribution is 5.94. The standard InChI is InChI=1S/C21H23FN2O3/c1-3-24(15-20(25)23-14-17-4-9-18(22)10-5-17)21(26)13-8-16-6-11-19(27-2)12-7-16/h4-13H,3,14-15H2,1-2H3,(H,23,25). The first-order valence-electron chi connectivity index (χ1n) is 8.64. The van der Waals surface area contributed by atoms with Crippen LogP contribution in [0.15, 0.2) is 54.6 Å². The second-order valence-electron chi connectivity index (χ2n) is 5.86. The maximum Gasteiger partial charge on any atom is 0.247 e. The SMILES string of the molecule is CCN(CC(=O)NCc1ccc(F)cc1)C(=O)C=Cc1ccc(OC)cc1. The molecule has 2 aromatic carbocycles. The second-order valence-corrected chi connectivity index (χ2v) is 5.86. The van der Waals surface area contributed by atoms with Crippen LogP contribution in [0.2, 0.25) is 0 Å². The van der Waals surface area contributed by atoms with Crippen molar-refractivity contribution in [2.45, 2.75) is 13.5 Å². The molecule has 2 rings (SSSR count). The highest BCUT2D eigenvalue weighted by Gasteiger charge is 2.13. The number of carbonyl (C=O) groups excluding carboxylic acids is 2. The molecule has 0 spiro atoms. The Morgan fingerprint density at radius 3 is 2.37 bits per heavy atom. The van der Waals surface area contributed by atoms with Crippen molar-refractivity contribution in [3.8, 4) is 5.75 Å². The van der Waals surface area contributed by atoms with Gasteiger partial charge in [-0.15, -0.1) is 0 Å². The maximum absolute atomic E-state index is 12.9. The average molecular weight is 370 g/mol. The lowest BCUT2D eigenvalue weighted by Crippen LogP contribution is -2.39. The predicted molar refractivity (Wildman–Crippen MR) is 103 cm³/mol. The smallest absolute Gasteiger partial charge is 0.247 e. The van der Waals surface area contributed by atoms with E-state index < -0.39 is 0 Å². The maximum atomic E-state index is 12.9. The van der Waals surface area contributed by atoms with Crippen LogP contribution in [0, 0.1) is 5.82 Å². The molecule has 0 heterocycles. The van der Waals surface area contributed by atoms with Gasteiger partial charge in [0.25, 0.3) is 0 Å². The van der Waals surface area contributed by atoms with Gasteiger partial charge in [0.2, 0.25) is 11.8 Å². The third-order valence-electron chi connectivity index (χ3n) is 3.96. The van der Waals surface area contributed by atoms with Crippen molar-refractivity contribution in [2.75, 3.05) is 20.2 Å². The highest BCUT2D eigenvalue weighted by Crippen LogP contribution is 2.12. The summed E-state index contributed by atoms with van der Waals surface area (Å²) in [7, 11) is 1.59. The number of hydrogen-bond donors (Lipinski definition) is 1. The van der Waals surface area contributed by atoms with Crippen LogP contribution in [0.25, 0.3) is 6.08 Å². The Bertz CT molecular complexity index is 786. The average Bonchev–Trinajstić information content (AvgIpc) is 2.70. The Hall–Kier alpha value is -3.15. The van der Waals surface area contributed by atoms with Gasteiger partial charge in [-0.2, -0.15) is 0 Å². The van der Waals surface area contributed by atoms with E-state index in [0.29, 0.717) is 6.54 Å². The summed E-state index contributed by atoms with van der Waals surface area (Å²) in [6.07, 6.45) is 3.14. The minimum atomic E-state index is -0.323. The van der Waals surface area contributed by atoms with Crippen LogP contribution in [-0.4, -0.2) is 36.9 Å². The van der Waals surface area contributed by atoms with Crippen molar-refractivity contribution in [1.82, 2.24) is 10.2 Å². The van der Waals surface area contributed by atoms with E-state index in [1.165, 1.54) is 23.1 Å². The summed E-state index contributed by atoms with van der Waals surface area (Å²) >= 11 is 0. The van der Waals surface area contributed by atoms with E-state index in [1.54, 1.807) is 25.3 Å². The molecule has 0 saturated heterocycles. The van der Waals surface area contributed by atoms with Crippen LogP contribution in [0.4, 0.5) is 4.39 Å². The first-order valence-corrected chi connectivity index (χ1v) is 8.64. The number of nitrogens with zero attached hydrogens (tertiary/aromatic N) is 1. The number of hydrogen-bond acceptors (Lipinski definition) is 3. The van der Waals surface area contributed by atoms with Gasteiger partial charge in [-0.3, -0.25) is 9.59 Å². The minimum absolute atomic E-state index is 0.0382. The van der Waals surface area contributed by atoms with Gasteiger partial charge in [0.05, 0.1) is 13.7 Å². The number of halogens is 1. The van der Waals surface area contributed by atoms with Gasteiger partial charge in [0, 0.05) is 19.2 Å². The van der Waals surface area contributed by atoms with Crippen molar-refractivity contribution in [3.05, 3.63) is 71.6 Å². The van der Waals surface area contributed by atoms with Crippen LogP contribution in [0.3, 0.4) is 0 Å². The summed E-state index contributed by atoms with van der Waals surface area (Å²) in [5, 5.41) is 2.73. The Labute approximate surface area is 158 Å².